The minimum Gasteiger partial charge on any atom is -0.121 e. The second kappa shape index (κ2) is 5.26. The average Bonchev–Trinajstić information content (AvgIpc) is 2.26. The van der Waals surface area contributed by atoms with Crippen LogP contribution in [0.15, 0.2) is 42.1 Å². The Morgan fingerprint density at radius 3 is 2.57 bits per heavy atom. The highest BCUT2D eigenvalue weighted by molar-refractivity contribution is 5.64. The lowest BCUT2D eigenvalue weighted by atomic mass is 10.1. The van der Waals surface area contributed by atoms with Crippen LogP contribution < -0.4 is 0 Å². The zero-order valence-corrected chi connectivity index (χ0v) is 8.88. The summed E-state index contributed by atoms with van der Waals surface area (Å²) in [6.07, 6.45) is 4.94. The molecule has 0 aliphatic carbocycles. The molecule has 0 amide bonds. The molecule has 0 heteroatoms. The second-order valence-corrected chi connectivity index (χ2v) is 3.26. The summed E-state index contributed by atoms with van der Waals surface area (Å²) in [5, 5.41) is 0. The molecule has 14 heavy (non-hydrogen) atoms. The molecule has 0 bridgehead atoms. The molecule has 0 nitrogen and oxygen atoms in total. The molecule has 0 unspecified atom stereocenters. The maximum absolute atomic E-state index is 3.78. The fraction of sp³-hybridized carbons (Fsp3) is 0.214. The van der Waals surface area contributed by atoms with E-state index in [1.54, 1.807) is 0 Å². The number of hydrogen-bond donors (Lipinski definition) is 0. The Balaban J connectivity index is 3.08. The monoisotopic (exact) mass is 184 g/mol. The van der Waals surface area contributed by atoms with Crippen molar-refractivity contribution in [1.82, 2.24) is 0 Å². The SMILES string of the molecule is C=Cc1ccccc1C=C=C(C)CC. The van der Waals surface area contributed by atoms with E-state index in [1.807, 2.05) is 24.3 Å². The lowest BCUT2D eigenvalue weighted by Crippen LogP contribution is -1.77. The van der Waals surface area contributed by atoms with E-state index in [0.29, 0.717) is 0 Å². The average molecular weight is 184 g/mol. The van der Waals surface area contributed by atoms with Crippen LogP contribution in [0.3, 0.4) is 0 Å². The molecule has 1 aromatic carbocycles. The molecule has 0 saturated heterocycles. The zero-order chi connectivity index (χ0) is 10.4. The smallest absolute Gasteiger partial charge is 0.0107 e. The summed E-state index contributed by atoms with van der Waals surface area (Å²) in [5.74, 6) is 0. The van der Waals surface area contributed by atoms with Crippen LogP contribution in [-0.2, 0) is 0 Å². The highest BCUT2D eigenvalue weighted by atomic mass is 14.0. The molecule has 0 radical (unpaired) electrons. The molecule has 1 aromatic rings. The molecule has 0 aliphatic rings. The molecule has 0 spiro atoms. The molecule has 1 rings (SSSR count). The van der Waals surface area contributed by atoms with Crippen LogP contribution in [0.2, 0.25) is 0 Å². The van der Waals surface area contributed by atoms with Gasteiger partial charge in [-0.25, -0.2) is 0 Å². The van der Waals surface area contributed by atoms with E-state index in [9.17, 15) is 0 Å². The fourth-order valence-electron chi connectivity index (χ4n) is 1.13. The third-order valence-corrected chi connectivity index (χ3v) is 2.22. The Morgan fingerprint density at radius 1 is 1.36 bits per heavy atom. The van der Waals surface area contributed by atoms with Crippen molar-refractivity contribution >= 4 is 12.2 Å². The van der Waals surface area contributed by atoms with E-state index in [0.717, 1.165) is 12.0 Å². The van der Waals surface area contributed by atoms with Gasteiger partial charge in [0.25, 0.3) is 0 Å². The van der Waals surface area contributed by atoms with Crippen molar-refractivity contribution < 1.29 is 0 Å². The van der Waals surface area contributed by atoms with Crippen molar-refractivity contribution in [2.24, 2.45) is 0 Å². The molecular formula is C14H16. The molecular weight excluding hydrogens is 168 g/mol. The van der Waals surface area contributed by atoms with Gasteiger partial charge in [0.1, 0.15) is 0 Å². The summed E-state index contributed by atoms with van der Waals surface area (Å²) in [4.78, 5) is 0. The van der Waals surface area contributed by atoms with Crippen LogP contribution in [0, 0.1) is 0 Å². The molecule has 0 fully saturated rings. The van der Waals surface area contributed by atoms with E-state index >= 15 is 0 Å². The maximum Gasteiger partial charge on any atom is -0.0107 e. The van der Waals surface area contributed by atoms with E-state index in [4.69, 9.17) is 0 Å². The first-order chi connectivity index (χ1) is 6.77. The number of allylic oxidation sites excluding steroid dienone is 1. The van der Waals surface area contributed by atoms with Crippen molar-refractivity contribution in [3.05, 3.63) is 53.3 Å². The fourth-order valence-corrected chi connectivity index (χ4v) is 1.13. The highest BCUT2D eigenvalue weighted by Gasteiger charge is 1.91. The summed E-state index contributed by atoms with van der Waals surface area (Å²) >= 11 is 0. The van der Waals surface area contributed by atoms with E-state index in [2.05, 4.69) is 38.3 Å². The topological polar surface area (TPSA) is 0 Å². The predicted molar refractivity (Wildman–Crippen MR) is 64.0 cm³/mol. The first-order valence-corrected chi connectivity index (χ1v) is 4.91. The third kappa shape index (κ3) is 2.76. The van der Waals surface area contributed by atoms with Crippen molar-refractivity contribution in [1.29, 1.82) is 0 Å². The molecule has 0 aromatic heterocycles. The van der Waals surface area contributed by atoms with Crippen molar-refractivity contribution in [2.75, 3.05) is 0 Å². The van der Waals surface area contributed by atoms with Gasteiger partial charge in [-0.2, -0.15) is 0 Å². The Hall–Kier alpha value is -1.52. The number of benzene rings is 1. The number of hydrogen-bond acceptors (Lipinski definition) is 0. The van der Waals surface area contributed by atoms with Crippen LogP contribution in [-0.4, -0.2) is 0 Å². The van der Waals surface area contributed by atoms with Crippen LogP contribution >= 0.6 is 0 Å². The molecule has 0 N–H and O–H groups in total. The highest BCUT2D eigenvalue weighted by Crippen LogP contribution is 2.11. The summed E-state index contributed by atoms with van der Waals surface area (Å²) in [6.45, 7) is 8.01. The third-order valence-electron chi connectivity index (χ3n) is 2.22. The van der Waals surface area contributed by atoms with Gasteiger partial charge >= 0.3 is 0 Å². The van der Waals surface area contributed by atoms with E-state index < -0.39 is 0 Å². The second-order valence-electron chi connectivity index (χ2n) is 3.26. The lowest BCUT2D eigenvalue weighted by molar-refractivity contribution is 1.11. The first-order valence-electron chi connectivity index (χ1n) is 4.91. The summed E-state index contributed by atoms with van der Waals surface area (Å²) in [6, 6.07) is 8.18. The van der Waals surface area contributed by atoms with Gasteiger partial charge in [0.05, 0.1) is 0 Å². The van der Waals surface area contributed by atoms with Gasteiger partial charge in [0.15, 0.2) is 0 Å². The van der Waals surface area contributed by atoms with Gasteiger partial charge in [0, 0.05) is 0 Å². The van der Waals surface area contributed by atoms with Crippen LogP contribution in [0.4, 0.5) is 0 Å². The van der Waals surface area contributed by atoms with Gasteiger partial charge in [-0.15, -0.1) is 5.73 Å². The Bertz CT molecular complexity index is 377. The molecule has 0 aliphatic heterocycles. The molecule has 72 valence electrons. The number of rotatable bonds is 3. The van der Waals surface area contributed by atoms with Gasteiger partial charge in [-0.3, -0.25) is 0 Å². The van der Waals surface area contributed by atoms with Gasteiger partial charge in [-0.05, 0) is 36.1 Å². The lowest BCUT2D eigenvalue weighted by Gasteiger charge is -1.97. The van der Waals surface area contributed by atoms with Gasteiger partial charge in [-0.1, -0.05) is 43.8 Å². The normalized spacial score (nSPS) is 9.00. The van der Waals surface area contributed by atoms with Crippen molar-refractivity contribution in [3.8, 4) is 0 Å². The predicted octanol–water partition coefficient (Wildman–Crippen LogP) is 4.30. The maximum atomic E-state index is 3.78. The Labute approximate surface area is 86.3 Å². The van der Waals surface area contributed by atoms with Crippen molar-refractivity contribution in [2.45, 2.75) is 20.3 Å². The van der Waals surface area contributed by atoms with Crippen LogP contribution in [0.25, 0.3) is 12.2 Å². The van der Waals surface area contributed by atoms with Crippen LogP contribution in [0.1, 0.15) is 31.4 Å². The van der Waals surface area contributed by atoms with Crippen LogP contribution in [0.5, 0.6) is 0 Å². The molecule has 0 saturated carbocycles. The Kier molecular flexibility index (Phi) is 3.97. The quantitative estimate of drug-likeness (QED) is 0.614. The van der Waals surface area contributed by atoms with Gasteiger partial charge in [0.2, 0.25) is 0 Å². The zero-order valence-electron chi connectivity index (χ0n) is 8.88. The van der Waals surface area contributed by atoms with E-state index in [-0.39, 0.29) is 0 Å². The first kappa shape index (κ1) is 10.6. The summed E-state index contributed by atoms with van der Waals surface area (Å²) in [7, 11) is 0. The largest absolute Gasteiger partial charge is 0.121 e. The summed E-state index contributed by atoms with van der Waals surface area (Å²) in [5.41, 5.74) is 6.87. The molecule has 0 atom stereocenters. The molecule has 0 heterocycles. The van der Waals surface area contributed by atoms with E-state index in [1.165, 1.54) is 11.1 Å². The minimum atomic E-state index is 1.05. The standard InChI is InChI=1S/C14H16/c1-4-12(3)10-11-14-9-7-6-8-13(14)5-2/h5-9,11H,2,4H2,1,3H3. The van der Waals surface area contributed by atoms with Gasteiger partial charge < -0.3 is 0 Å². The Morgan fingerprint density at radius 2 is 2.00 bits per heavy atom. The summed E-state index contributed by atoms with van der Waals surface area (Å²) < 4.78 is 0. The minimum absolute atomic E-state index is 1.05. The van der Waals surface area contributed by atoms with Crippen molar-refractivity contribution in [3.63, 3.8) is 0 Å².